The minimum atomic E-state index is -4.54. The van der Waals surface area contributed by atoms with Crippen LogP contribution in [0.2, 0.25) is 5.02 Å². The molecule has 0 aliphatic carbocycles. The number of nitrogens with zero attached hydrogens (tertiary/aromatic N) is 2. The molecule has 13 heteroatoms. The quantitative estimate of drug-likeness (QED) is 0.307. The van der Waals surface area contributed by atoms with Crippen molar-refractivity contribution in [1.82, 2.24) is 15.3 Å². The molecule has 36 heavy (non-hydrogen) atoms. The standard InChI is InChI=1S/C14H13ClF3N5O.C9H8F2O/c1-20-7-2-3-8(9(15)4-7)10-5-21-12(19)11(23-10)13(24)22-6-14(16,17)18;1-6(5-12)7-2-8(10)4-9(11)3-7/h2-5,20H,6H2,1H3,(H2,19,21)(H,22,24);2-6H,1H3. The molecule has 0 saturated carbocycles. The number of anilines is 2. The molecule has 192 valence electrons. The summed E-state index contributed by atoms with van der Waals surface area (Å²) in [4.78, 5) is 29.9. The fraction of sp³-hybridized carbons (Fsp3) is 0.217. The summed E-state index contributed by atoms with van der Waals surface area (Å²) in [6.07, 6.45) is -2.61. The van der Waals surface area contributed by atoms with Gasteiger partial charge in [-0.2, -0.15) is 13.2 Å². The van der Waals surface area contributed by atoms with Crippen LogP contribution in [0.3, 0.4) is 0 Å². The predicted molar refractivity (Wildman–Crippen MR) is 126 cm³/mol. The minimum absolute atomic E-state index is 0.217. The molecule has 1 heterocycles. The Bertz CT molecular complexity index is 1220. The Balaban J connectivity index is 0.000000319. The van der Waals surface area contributed by atoms with Crippen LogP contribution in [0.1, 0.15) is 28.9 Å². The van der Waals surface area contributed by atoms with E-state index in [2.05, 4.69) is 15.3 Å². The molecule has 0 fully saturated rings. The van der Waals surface area contributed by atoms with E-state index in [4.69, 9.17) is 17.3 Å². The summed E-state index contributed by atoms with van der Waals surface area (Å²) < 4.78 is 61.7. The molecule has 0 spiro atoms. The number of carbonyl (C=O) groups excluding carboxylic acids is 2. The van der Waals surface area contributed by atoms with Crippen LogP contribution in [0.15, 0.2) is 42.6 Å². The molecule has 0 bridgehead atoms. The van der Waals surface area contributed by atoms with E-state index in [0.29, 0.717) is 22.4 Å². The summed E-state index contributed by atoms with van der Waals surface area (Å²) in [5.74, 6) is -3.11. The first-order valence-corrected chi connectivity index (χ1v) is 10.6. The highest BCUT2D eigenvalue weighted by Crippen LogP contribution is 2.29. The van der Waals surface area contributed by atoms with Crippen LogP contribution in [-0.2, 0) is 4.79 Å². The van der Waals surface area contributed by atoms with Crippen molar-refractivity contribution >= 4 is 35.3 Å². The topological polar surface area (TPSA) is 110 Å². The maximum atomic E-state index is 12.6. The molecule has 3 rings (SSSR count). The van der Waals surface area contributed by atoms with Crippen molar-refractivity contribution < 1.29 is 31.5 Å². The zero-order chi connectivity index (χ0) is 27.0. The lowest BCUT2D eigenvalue weighted by Gasteiger charge is -2.11. The summed E-state index contributed by atoms with van der Waals surface area (Å²) in [6, 6.07) is 8.10. The second-order valence-electron chi connectivity index (χ2n) is 7.36. The molecule has 0 radical (unpaired) electrons. The van der Waals surface area contributed by atoms with Crippen LogP contribution >= 0.6 is 11.6 Å². The molecule has 2 aromatic carbocycles. The zero-order valence-corrected chi connectivity index (χ0v) is 19.7. The van der Waals surface area contributed by atoms with Gasteiger partial charge in [0.25, 0.3) is 5.91 Å². The third-order valence-electron chi connectivity index (χ3n) is 4.61. The SMILES string of the molecule is CC(C=O)c1cc(F)cc(F)c1.CNc1ccc(-c2cnc(N)c(C(=O)NCC(F)(F)F)n2)c(Cl)c1. The number of nitrogens with two attached hydrogens (primary N) is 1. The van der Waals surface area contributed by atoms with Crippen LogP contribution in [0.4, 0.5) is 33.5 Å². The predicted octanol–water partition coefficient (Wildman–Crippen LogP) is 4.98. The van der Waals surface area contributed by atoms with Gasteiger partial charge in [0.1, 0.15) is 24.5 Å². The number of benzene rings is 2. The number of aldehydes is 1. The van der Waals surface area contributed by atoms with Crippen LogP contribution in [0.25, 0.3) is 11.3 Å². The first-order valence-electron chi connectivity index (χ1n) is 10.2. The van der Waals surface area contributed by atoms with Crippen molar-refractivity contribution in [2.45, 2.75) is 19.0 Å². The molecule has 7 nitrogen and oxygen atoms in total. The van der Waals surface area contributed by atoms with E-state index < -0.39 is 41.9 Å². The molecule has 1 amide bonds. The first-order chi connectivity index (χ1) is 16.8. The minimum Gasteiger partial charge on any atom is -0.388 e. The summed E-state index contributed by atoms with van der Waals surface area (Å²) in [7, 11) is 1.72. The fourth-order valence-electron chi connectivity index (χ4n) is 2.75. The van der Waals surface area contributed by atoms with Gasteiger partial charge in [-0.15, -0.1) is 0 Å². The smallest absolute Gasteiger partial charge is 0.388 e. The van der Waals surface area contributed by atoms with Crippen molar-refractivity contribution in [1.29, 1.82) is 0 Å². The molecule has 0 aliphatic heterocycles. The van der Waals surface area contributed by atoms with Crippen molar-refractivity contribution in [2.24, 2.45) is 0 Å². The number of halogens is 6. The highest BCUT2D eigenvalue weighted by Gasteiger charge is 2.29. The lowest BCUT2D eigenvalue weighted by atomic mass is 10.0. The number of hydrogen-bond donors (Lipinski definition) is 3. The van der Waals surface area contributed by atoms with Crippen molar-refractivity contribution in [3.8, 4) is 11.3 Å². The molecule has 1 aromatic heterocycles. The van der Waals surface area contributed by atoms with E-state index in [1.165, 1.54) is 6.20 Å². The Labute approximate surface area is 207 Å². The van der Waals surface area contributed by atoms with Gasteiger partial charge in [-0.1, -0.05) is 18.5 Å². The molecular formula is C23H21ClF5N5O2. The molecular weight excluding hydrogens is 509 g/mol. The van der Waals surface area contributed by atoms with Gasteiger partial charge in [0.05, 0.1) is 16.9 Å². The summed E-state index contributed by atoms with van der Waals surface area (Å²) >= 11 is 6.15. The molecule has 4 N–H and O–H groups in total. The Hall–Kier alpha value is -3.80. The van der Waals surface area contributed by atoms with Gasteiger partial charge in [-0.05, 0) is 35.9 Å². The normalized spacial score (nSPS) is 11.7. The Morgan fingerprint density at radius 1 is 1.17 bits per heavy atom. The van der Waals surface area contributed by atoms with Gasteiger partial charge in [0, 0.05) is 30.3 Å². The summed E-state index contributed by atoms with van der Waals surface area (Å²) in [6.45, 7) is 0.0933. The Morgan fingerprint density at radius 3 is 2.33 bits per heavy atom. The second kappa shape index (κ2) is 12.2. The largest absolute Gasteiger partial charge is 0.405 e. The molecule has 0 saturated heterocycles. The number of aromatic nitrogens is 2. The lowest BCUT2D eigenvalue weighted by molar-refractivity contribution is -0.123. The van der Waals surface area contributed by atoms with E-state index >= 15 is 0 Å². The van der Waals surface area contributed by atoms with Gasteiger partial charge < -0.3 is 21.2 Å². The van der Waals surface area contributed by atoms with Gasteiger partial charge in [0.15, 0.2) is 11.5 Å². The highest BCUT2D eigenvalue weighted by molar-refractivity contribution is 6.33. The van der Waals surface area contributed by atoms with E-state index in [0.717, 1.165) is 23.9 Å². The van der Waals surface area contributed by atoms with Gasteiger partial charge in [-0.3, -0.25) is 4.79 Å². The van der Waals surface area contributed by atoms with Gasteiger partial charge >= 0.3 is 6.18 Å². The number of alkyl halides is 3. The first kappa shape index (κ1) is 28.4. The van der Waals surface area contributed by atoms with E-state index in [1.807, 2.05) is 0 Å². The number of hydrogen-bond acceptors (Lipinski definition) is 6. The number of rotatable bonds is 6. The molecule has 0 aliphatic rings. The molecule has 1 atom stereocenters. The zero-order valence-electron chi connectivity index (χ0n) is 19.0. The van der Waals surface area contributed by atoms with Gasteiger partial charge in [-0.25, -0.2) is 18.7 Å². The van der Waals surface area contributed by atoms with E-state index in [-0.39, 0.29) is 11.5 Å². The van der Waals surface area contributed by atoms with Crippen molar-refractivity contribution in [3.63, 3.8) is 0 Å². The Kier molecular flexibility index (Phi) is 9.68. The highest BCUT2D eigenvalue weighted by atomic mass is 35.5. The van der Waals surface area contributed by atoms with E-state index in [9.17, 15) is 31.5 Å². The van der Waals surface area contributed by atoms with Gasteiger partial charge in [0.2, 0.25) is 0 Å². The monoisotopic (exact) mass is 529 g/mol. The number of carbonyl (C=O) groups is 2. The van der Waals surface area contributed by atoms with E-state index in [1.54, 1.807) is 37.5 Å². The van der Waals surface area contributed by atoms with Crippen LogP contribution in [-0.4, -0.2) is 41.9 Å². The average molecular weight is 530 g/mol. The number of nitrogens with one attached hydrogen (secondary N) is 2. The second-order valence-corrected chi connectivity index (χ2v) is 7.77. The lowest BCUT2D eigenvalue weighted by Crippen LogP contribution is -2.34. The average Bonchev–Trinajstić information content (AvgIpc) is 2.81. The van der Waals surface area contributed by atoms with Crippen LogP contribution < -0.4 is 16.4 Å². The molecule has 1 unspecified atom stereocenters. The fourth-order valence-corrected chi connectivity index (χ4v) is 3.03. The third-order valence-corrected chi connectivity index (χ3v) is 4.93. The van der Waals surface area contributed by atoms with Crippen molar-refractivity contribution in [3.05, 3.63) is 70.5 Å². The molecule has 3 aromatic rings. The van der Waals surface area contributed by atoms with Crippen LogP contribution in [0, 0.1) is 11.6 Å². The Morgan fingerprint density at radius 2 is 1.81 bits per heavy atom. The number of nitrogen functional groups attached to an aromatic ring is 1. The summed E-state index contributed by atoms with van der Waals surface area (Å²) in [5.41, 5.74) is 6.94. The summed E-state index contributed by atoms with van der Waals surface area (Å²) in [5, 5.41) is 4.94. The van der Waals surface area contributed by atoms with Crippen LogP contribution in [0.5, 0.6) is 0 Å². The number of amides is 1. The maximum absolute atomic E-state index is 12.6. The maximum Gasteiger partial charge on any atom is 0.405 e. The third kappa shape index (κ3) is 8.15. The van der Waals surface area contributed by atoms with Crippen molar-refractivity contribution in [2.75, 3.05) is 24.6 Å².